The molecule has 0 fully saturated rings. The molecule has 0 saturated heterocycles. The van der Waals surface area contributed by atoms with Gasteiger partial charge in [0, 0.05) is 15.5 Å². The molecule has 0 atom stereocenters. The van der Waals surface area contributed by atoms with Gasteiger partial charge in [0.1, 0.15) is 5.15 Å². The van der Waals surface area contributed by atoms with Crippen LogP contribution >= 0.6 is 22.9 Å². The maximum atomic E-state index is 11.8. The fourth-order valence-electron chi connectivity index (χ4n) is 2.07. The first-order valence-corrected chi connectivity index (χ1v) is 7.19. The number of hydrogen-bond donors (Lipinski definition) is 1. The summed E-state index contributed by atoms with van der Waals surface area (Å²) in [6, 6.07) is 7.63. The molecule has 0 aliphatic carbocycles. The van der Waals surface area contributed by atoms with Crippen LogP contribution in [0, 0.1) is 0 Å². The molecule has 0 amide bonds. The third-order valence-corrected chi connectivity index (χ3v) is 4.37. The maximum absolute atomic E-state index is 11.8. The Hall–Kier alpha value is -1.85. The quantitative estimate of drug-likeness (QED) is 0.574. The Morgan fingerprint density at radius 2 is 2.20 bits per heavy atom. The molecule has 0 aliphatic heterocycles. The van der Waals surface area contributed by atoms with Gasteiger partial charge in [-0.2, -0.15) is 0 Å². The monoisotopic (exact) mass is 307 g/mol. The summed E-state index contributed by atoms with van der Waals surface area (Å²) in [6.45, 7) is 1.90. The Morgan fingerprint density at radius 1 is 1.45 bits per heavy atom. The third kappa shape index (κ3) is 1.90. The van der Waals surface area contributed by atoms with E-state index in [9.17, 15) is 9.90 Å². The Balaban J connectivity index is 2.35. The van der Waals surface area contributed by atoms with E-state index in [1.54, 1.807) is 6.92 Å². The van der Waals surface area contributed by atoms with Crippen molar-refractivity contribution >= 4 is 49.1 Å². The minimum absolute atomic E-state index is 0.143. The SMILES string of the molecule is CCOC(=O)c1nc(Cl)c2c(sc3ccccc32)c1O. The number of carbonyl (C=O) groups is 1. The number of fused-ring (bicyclic) bond motifs is 3. The molecule has 0 radical (unpaired) electrons. The number of aromatic hydroxyl groups is 1. The minimum Gasteiger partial charge on any atom is -0.504 e. The normalized spacial score (nSPS) is 11.1. The van der Waals surface area contributed by atoms with Gasteiger partial charge in [-0.05, 0) is 13.0 Å². The Kier molecular flexibility index (Phi) is 3.23. The molecular formula is C14H10ClNO3S. The highest BCUT2D eigenvalue weighted by atomic mass is 35.5. The second-order valence-electron chi connectivity index (χ2n) is 4.12. The van der Waals surface area contributed by atoms with Crippen LogP contribution in [-0.4, -0.2) is 22.7 Å². The highest BCUT2D eigenvalue weighted by Crippen LogP contribution is 2.42. The van der Waals surface area contributed by atoms with E-state index in [2.05, 4.69) is 4.98 Å². The van der Waals surface area contributed by atoms with Crippen LogP contribution in [0.25, 0.3) is 20.2 Å². The zero-order chi connectivity index (χ0) is 14.3. The van der Waals surface area contributed by atoms with Crippen molar-refractivity contribution in [3.05, 3.63) is 35.1 Å². The van der Waals surface area contributed by atoms with Crippen LogP contribution in [0.2, 0.25) is 5.15 Å². The molecule has 0 bridgehead atoms. The highest BCUT2D eigenvalue weighted by molar-refractivity contribution is 7.26. The number of halogens is 1. The van der Waals surface area contributed by atoms with Crippen LogP contribution in [-0.2, 0) is 4.74 Å². The predicted molar refractivity (Wildman–Crippen MR) is 79.8 cm³/mol. The number of nitrogens with zero attached hydrogens (tertiary/aromatic N) is 1. The van der Waals surface area contributed by atoms with Crippen LogP contribution in [0.3, 0.4) is 0 Å². The van der Waals surface area contributed by atoms with Crippen molar-refractivity contribution in [2.75, 3.05) is 6.61 Å². The molecule has 1 aromatic carbocycles. The summed E-state index contributed by atoms with van der Waals surface area (Å²) in [5, 5.41) is 12.0. The molecule has 3 aromatic rings. The van der Waals surface area contributed by atoms with Crippen LogP contribution in [0.4, 0.5) is 0 Å². The molecule has 2 aromatic heterocycles. The molecule has 0 spiro atoms. The van der Waals surface area contributed by atoms with Gasteiger partial charge in [-0.25, -0.2) is 9.78 Å². The predicted octanol–water partition coefficient (Wildman–Crippen LogP) is 3.99. The second-order valence-corrected chi connectivity index (χ2v) is 5.53. The van der Waals surface area contributed by atoms with Gasteiger partial charge in [-0.1, -0.05) is 29.8 Å². The number of carbonyl (C=O) groups excluding carboxylic acids is 1. The van der Waals surface area contributed by atoms with Gasteiger partial charge in [0.2, 0.25) is 0 Å². The summed E-state index contributed by atoms with van der Waals surface area (Å²) < 4.78 is 6.40. The lowest BCUT2D eigenvalue weighted by atomic mass is 10.2. The fraction of sp³-hybridized carbons (Fsp3) is 0.143. The second kappa shape index (κ2) is 4.92. The molecular weight excluding hydrogens is 298 g/mol. The average molecular weight is 308 g/mol. The van der Waals surface area contributed by atoms with Gasteiger partial charge in [-0.3, -0.25) is 0 Å². The van der Waals surface area contributed by atoms with Crippen molar-refractivity contribution in [2.24, 2.45) is 0 Å². The molecule has 2 heterocycles. The maximum Gasteiger partial charge on any atom is 0.360 e. The van der Waals surface area contributed by atoms with Gasteiger partial charge >= 0.3 is 5.97 Å². The molecule has 0 unspecified atom stereocenters. The number of benzene rings is 1. The topological polar surface area (TPSA) is 59.4 Å². The van der Waals surface area contributed by atoms with Crippen LogP contribution in [0.1, 0.15) is 17.4 Å². The van der Waals surface area contributed by atoms with Crippen molar-refractivity contribution in [1.82, 2.24) is 4.98 Å². The third-order valence-electron chi connectivity index (χ3n) is 2.92. The van der Waals surface area contributed by atoms with Crippen molar-refractivity contribution in [3.63, 3.8) is 0 Å². The number of rotatable bonds is 2. The standard InChI is InChI=1S/C14H10ClNO3S/c1-2-19-14(18)10-11(17)12-9(13(15)16-10)7-5-3-4-6-8(7)20-12/h3-6,17H,2H2,1H3. The highest BCUT2D eigenvalue weighted by Gasteiger charge is 2.22. The van der Waals surface area contributed by atoms with Crippen LogP contribution in [0.5, 0.6) is 5.75 Å². The van der Waals surface area contributed by atoms with E-state index in [0.29, 0.717) is 10.1 Å². The lowest BCUT2D eigenvalue weighted by Crippen LogP contribution is -2.07. The number of aromatic nitrogens is 1. The van der Waals surface area contributed by atoms with Crippen molar-refractivity contribution in [3.8, 4) is 5.75 Å². The number of hydrogen-bond acceptors (Lipinski definition) is 5. The van der Waals surface area contributed by atoms with Crippen LogP contribution < -0.4 is 0 Å². The Morgan fingerprint density at radius 3 is 2.95 bits per heavy atom. The first kappa shape index (κ1) is 13.1. The number of pyridine rings is 1. The first-order chi connectivity index (χ1) is 9.63. The van der Waals surface area contributed by atoms with E-state index >= 15 is 0 Å². The van der Waals surface area contributed by atoms with E-state index in [1.165, 1.54) is 11.3 Å². The summed E-state index contributed by atoms with van der Waals surface area (Å²) in [4.78, 5) is 15.8. The molecule has 0 saturated carbocycles. The summed E-state index contributed by atoms with van der Waals surface area (Å²) >= 11 is 7.55. The zero-order valence-corrected chi connectivity index (χ0v) is 12.1. The molecule has 4 nitrogen and oxygen atoms in total. The van der Waals surface area contributed by atoms with E-state index in [4.69, 9.17) is 16.3 Å². The molecule has 6 heteroatoms. The summed E-state index contributed by atoms with van der Waals surface area (Å²) in [7, 11) is 0. The van der Waals surface area contributed by atoms with E-state index in [1.807, 2.05) is 24.3 Å². The Labute approximate surface area is 123 Å². The smallest absolute Gasteiger partial charge is 0.360 e. The molecule has 102 valence electrons. The van der Waals surface area contributed by atoms with Gasteiger partial charge < -0.3 is 9.84 Å². The van der Waals surface area contributed by atoms with Crippen molar-refractivity contribution in [2.45, 2.75) is 6.92 Å². The summed E-state index contributed by atoms with van der Waals surface area (Å²) in [6.07, 6.45) is 0. The molecule has 20 heavy (non-hydrogen) atoms. The van der Waals surface area contributed by atoms with Gasteiger partial charge in [-0.15, -0.1) is 11.3 Å². The van der Waals surface area contributed by atoms with Gasteiger partial charge in [0.05, 0.1) is 11.3 Å². The average Bonchev–Trinajstić information content (AvgIpc) is 2.83. The van der Waals surface area contributed by atoms with Gasteiger partial charge in [0.25, 0.3) is 0 Å². The summed E-state index contributed by atoms with van der Waals surface area (Å²) in [5.74, 6) is -0.852. The lowest BCUT2D eigenvalue weighted by Gasteiger charge is -2.05. The summed E-state index contributed by atoms with van der Waals surface area (Å²) in [5.41, 5.74) is -0.143. The van der Waals surface area contributed by atoms with E-state index in [-0.39, 0.29) is 23.2 Å². The van der Waals surface area contributed by atoms with Crippen molar-refractivity contribution < 1.29 is 14.6 Å². The zero-order valence-electron chi connectivity index (χ0n) is 10.5. The van der Waals surface area contributed by atoms with Crippen LogP contribution in [0.15, 0.2) is 24.3 Å². The minimum atomic E-state index is -0.675. The lowest BCUT2D eigenvalue weighted by molar-refractivity contribution is 0.0516. The number of esters is 1. The van der Waals surface area contributed by atoms with E-state index in [0.717, 1.165) is 10.1 Å². The largest absolute Gasteiger partial charge is 0.504 e. The first-order valence-electron chi connectivity index (χ1n) is 6.00. The fourth-order valence-corrected chi connectivity index (χ4v) is 3.56. The molecule has 3 rings (SSSR count). The van der Waals surface area contributed by atoms with Gasteiger partial charge in [0.15, 0.2) is 11.4 Å². The van der Waals surface area contributed by atoms with Crippen molar-refractivity contribution in [1.29, 1.82) is 0 Å². The number of ether oxygens (including phenoxy) is 1. The Bertz CT molecular complexity index is 828. The molecule has 0 aliphatic rings. The number of thiophene rings is 1. The van der Waals surface area contributed by atoms with E-state index < -0.39 is 5.97 Å². The molecule has 1 N–H and O–H groups in total.